The van der Waals surface area contributed by atoms with Gasteiger partial charge < -0.3 is 5.32 Å². The summed E-state index contributed by atoms with van der Waals surface area (Å²) in [7, 11) is 0. The summed E-state index contributed by atoms with van der Waals surface area (Å²) in [4.78, 5) is 4.47. The Balaban J connectivity index is 2.79. The van der Waals surface area contributed by atoms with Crippen LogP contribution < -0.4 is 5.32 Å². The van der Waals surface area contributed by atoms with E-state index in [1.54, 1.807) is 0 Å². The van der Waals surface area contributed by atoms with E-state index < -0.39 is 0 Å². The summed E-state index contributed by atoms with van der Waals surface area (Å²) in [5.74, 6) is 1.23. The van der Waals surface area contributed by atoms with Crippen molar-refractivity contribution in [3.8, 4) is 0 Å². The van der Waals surface area contributed by atoms with Gasteiger partial charge in [0.2, 0.25) is 0 Å². The van der Waals surface area contributed by atoms with Gasteiger partial charge in [0, 0.05) is 0 Å². The summed E-state index contributed by atoms with van der Waals surface area (Å²) >= 11 is 0. The first kappa shape index (κ1) is 9.56. The maximum absolute atomic E-state index is 4.47. The van der Waals surface area contributed by atoms with Crippen LogP contribution in [-0.4, -0.2) is 17.9 Å². The smallest absolute Gasteiger partial charge is 0.0833 e. The van der Waals surface area contributed by atoms with E-state index in [2.05, 4.69) is 44.9 Å². The molecule has 0 aliphatic carbocycles. The Morgan fingerprint density at radius 3 is 2.25 bits per heavy atom. The molecule has 12 heavy (non-hydrogen) atoms. The van der Waals surface area contributed by atoms with Crippen LogP contribution in [-0.2, 0) is 0 Å². The Labute approximate surface area is 75.5 Å². The minimum Gasteiger partial charge on any atom is -0.369 e. The SMILES string of the molecule is CC(C)C1N=CN[C@@]1(C)C(C)C. The molecule has 0 radical (unpaired) electrons. The van der Waals surface area contributed by atoms with Gasteiger partial charge in [-0.25, -0.2) is 0 Å². The van der Waals surface area contributed by atoms with Gasteiger partial charge in [-0.15, -0.1) is 0 Å². The number of rotatable bonds is 2. The first-order chi connectivity index (χ1) is 5.48. The summed E-state index contributed by atoms with van der Waals surface area (Å²) in [6.07, 6.45) is 1.87. The Morgan fingerprint density at radius 2 is 1.92 bits per heavy atom. The fourth-order valence-corrected chi connectivity index (χ4v) is 1.87. The molecule has 1 rings (SSSR count). The Morgan fingerprint density at radius 1 is 1.33 bits per heavy atom. The van der Waals surface area contributed by atoms with Crippen molar-refractivity contribution in [3.63, 3.8) is 0 Å². The number of nitrogens with zero attached hydrogens (tertiary/aromatic N) is 1. The highest BCUT2D eigenvalue weighted by atomic mass is 15.1. The van der Waals surface area contributed by atoms with Gasteiger partial charge in [-0.1, -0.05) is 27.7 Å². The van der Waals surface area contributed by atoms with Gasteiger partial charge in [0.15, 0.2) is 0 Å². The van der Waals surface area contributed by atoms with Crippen molar-refractivity contribution in [2.45, 2.75) is 46.2 Å². The first-order valence-corrected chi connectivity index (χ1v) is 4.78. The molecule has 0 bridgehead atoms. The van der Waals surface area contributed by atoms with Crippen LogP contribution in [0.4, 0.5) is 0 Å². The maximum Gasteiger partial charge on any atom is 0.0833 e. The molecule has 1 aliphatic rings. The minimum absolute atomic E-state index is 0.161. The first-order valence-electron chi connectivity index (χ1n) is 4.78. The van der Waals surface area contributed by atoms with Gasteiger partial charge in [0.05, 0.1) is 17.9 Å². The molecule has 0 amide bonds. The molecule has 1 heterocycles. The molecule has 1 unspecified atom stereocenters. The number of hydrogen-bond donors (Lipinski definition) is 1. The van der Waals surface area contributed by atoms with E-state index in [1.807, 2.05) is 6.34 Å². The largest absolute Gasteiger partial charge is 0.369 e. The Kier molecular flexibility index (Phi) is 2.45. The zero-order chi connectivity index (χ0) is 9.35. The average Bonchev–Trinajstić information content (AvgIpc) is 2.32. The monoisotopic (exact) mass is 168 g/mol. The summed E-state index contributed by atoms with van der Waals surface area (Å²) in [5, 5.41) is 3.37. The lowest BCUT2D eigenvalue weighted by molar-refractivity contribution is 0.231. The third-order valence-corrected chi connectivity index (χ3v) is 3.06. The quantitative estimate of drug-likeness (QED) is 0.670. The van der Waals surface area contributed by atoms with Crippen molar-refractivity contribution >= 4 is 6.34 Å². The van der Waals surface area contributed by atoms with Gasteiger partial charge in [-0.3, -0.25) is 4.99 Å². The molecule has 0 fully saturated rings. The van der Waals surface area contributed by atoms with Crippen LogP contribution in [0.25, 0.3) is 0 Å². The van der Waals surface area contributed by atoms with Crippen LogP contribution in [0.2, 0.25) is 0 Å². The zero-order valence-corrected chi connectivity index (χ0v) is 8.76. The summed E-state index contributed by atoms with van der Waals surface area (Å²) in [6, 6.07) is 0.428. The molecule has 70 valence electrons. The molecule has 0 aromatic heterocycles. The molecule has 2 nitrogen and oxygen atoms in total. The van der Waals surface area contributed by atoms with E-state index in [1.165, 1.54) is 0 Å². The maximum atomic E-state index is 4.47. The second-order valence-electron chi connectivity index (χ2n) is 4.55. The van der Waals surface area contributed by atoms with Crippen molar-refractivity contribution in [1.82, 2.24) is 5.32 Å². The fraction of sp³-hybridized carbons (Fsp3) is 0.900. The van der Waals surface area contributed by atoms with Crippen LogP contribution in [0, 0.1) is 11.8 Å². The molecule has 0 aromatic carbocycles. The second kappa shape index (κ2) is 3.08. The molecular weight excluding hydrogens is 148 g/mol. The van der Waals surface area contributed by atoms with Gasteiger partial charge in [-0.2, -0.15) is 0 Å². The molecule has 2 heteroatoms. The van der Waals surface area contributed by atoms with E-state index in [0.717, 1.165) is 0 Å². The zero-order valence-electron chi connectivity index (χ0n) is 8.76. The lowest BCUT2D eigenvalue weighted by Gasteiger charge is -2.36. The van der Waals surface area contributed by atoms with Crippen molar-refractivity contribution in [1.29, 1.82) is 0 Å². The molecule has 0 spiro atoms. The predicted molar refractivity (Wildman–Crippen MR) is 53.5 cm³/mol. The molecule has 0 aromatic rings. The van der Waals surface area contributed by atoms with Crippen LogP contribution in [0.1, 0.15) is 34.6 Å². The van der Waals surface area contributed by atoms with Crippen molar-refractivity contribution < 1.29 is 0 Å². The molecule has 1 N–H and O–H groups in total. The van der Waals surface area contributed by atoms with Crippen LogP contribution in [0.3, 0.4) is 0 Å². The fourth-order valence-electron chi connectivity index (χ4n) is 1.87. The van der Waals surface area contributed by atoms with Crippen LogP contribution >= 0.6 is 0 Å². The summed E-state index contributed by atoms with van der Waals surface area (Å²) in [5.41, 5.74) is 0.161. The lowest BCUT2D eigenvalue weighted by atomic mass is 9.78. The lowest BCUT2D eigenvalue weighted by Crippen LogP contribution is -2.52. The highest BCUT2D eigenvalue weighted by molar-refractivity contribution is 5.60. The van der Waals surface area contributed by atoms with Crippen LogP contribution in [0.5, 0.6) is 0 Å². The topological polar surface area (TPSA) is 24.4 Å². The molecule has 1 aliphatic heterocycles. The van der Waals surface area contributed by atoms with Crippen molar-refractivity contribution in [3.05, 3.63) is 0 Å². The van der Waals surface area contributed by atoms with Crippen molar-refractivity contribution in [2.75, 3.05) is 0 Å². The van der Waals surface area contributed by atoms with Crippen LogP contribution in [0.15, 0.2) is 4.99 Å². The summed E-state index contributed by atoms with van der Waals surface area (Å²) < 4.78 is 0. The third kappa shape index (κ3) is 1.35. The van der Waals surface area contributed by atoms with Gasteiger partial charge in [-0.05, 0) is 18.8 Å². The van der Waals surface area contributed by atoms with Gasteiger partial charge >= 0.3 is 0 Å². The normalized spacial score (nSPS) is 34.8. The standard InChI is InChI=1S/C10H20N2/c1-7(2)9-10(5,8(3)4)12-6-11-9/h6-9H,1-5H3,(H,11,12)/t9?,10-/m0/s1. The highest BCUT2D eigenvalue weighted by Gasteiger charge is 2.40. The van der Waals surface area contributed by atoms with Gasteiger partial charge in [0.25, 0.3) is 0 Å². The molecule has 0 saturated carbocycles. The Bertz CT molecular complexity index is 184. The van der Waals surface area contributed by atoms with E-state index in [4.69, 9.17) is 0 Å². The van der Waals surface area contributed by atoms with E-state index >= 15 is 0 Å². The summed E-state index contributed by atoms with van der Waals surface area (Å²) in [6.45, 7) is 11.2. The van der Waals surface area contributed by atoms with Gasteiger partial charge in [0.1, 0.15) is 0 Å². The number of nitrogens with one attached hydrogen (secondary N) is 1. The third-order valence-electron chi connectivity index (χ3n) is 3.06. The predicted octanol–water partition coefficient (Wildman–Crippen LogP) is 2.06. The molecule has 2 atom stereocenters. The second-order valence-corrected chi connectivity index (χ2v) is 4.55. The van der Waals surface area contributed by atoms with Crippen molar-refractivity contribution in [2.24, 2.45) is 16.8 Å². The molecule has 0 saturated heterocycles. The highest BCUT2D eigenvalue weighted by Crippen LogP contribution is 2.30. The number of aliphatic imine (C=N–C) groups is 1. The minimum atomic E-state index is 0.161. The number of hydrogen-bond acceptors (Lipinski definition) is 2. The molecular formula is C10H20N2. The average molecular weight is 168 g/mol. The van der Waals surface area contributed by atoms with E-state index in [0.29, 0.717) is 17.9 Å². The Hall–Kier alpha value is -0.530. The van der Waals surface area contributed by atoms with E-state index in [9.17, 15) is 0 Å². The van der Waals surface area contributed by atoms with E-state index in [-0.39, 0.29) is 5.54 Å².